The summed E-state index contributed by atoms with van der Waals surface area (Å²) in [5.74, 6) is -0.321. The number of esters is 2. The van der Waals surface area contributed by atoms with Crippen LogP contribution in [0.5, 0.6) is 0 Å². The van der Waals surface area contributed by atoms with Crippen LogP contribution < -0.4 is 0 Å². The Morgan fingerprint density at radius 1 is 0.857 bits per heavy atom. The van der Waals surface area contributed by atoms with Gasteiger partial charge in [-0.1, -0.05) is 40.5 Å². The average Bonchev–Trinajstić information content (AvgIpc) is 2.43. The number of carbonyl (C=O) groups excluding carboxylic acids is 2. The van der Waals surface area contributed by atoms with Crippen LogP contribution in [0.2, 0.25) is 0 Å². The number of hydrogen-bond donors (Lipinski definition) is 0. The molecule has 0 N–H and O–H groups in total. The third-order valence-electron chi connectivity index (χ3n) is 3.88. The van der Waals surface area contributed by atoms with Gasteiger partial charge < -0.3 is 9.47 Å². The van der Waals surface area contributed by atoms with Gasteiger partial charge in [0, 0.05) is 0 Å². The van der Waals surface area contributed by atoms with E-state index in [0.29, 0.717) is 18.8 Å². The minimum absolute atomic E-state index is 0.216. The number of carbonyl (C=O) groups is 2. The highest BCUT2D eigenvalue weighted by Crippen LogP contribution is 2.38. The van der Waals surface area contributed by atoms with Crippen LogP contribution in [-0.2, 0) is 19.1 Å². The summed E-state index contributed by atoms with van der Waals surface area (Å²) < 4.78 is 10.5. The molecule has 21 heavy (non-hydrogen) atoms. The minimum Gasteiger partial charge on any atom is -0.465 e. The summed E-state index contributed by atoms with van der Waals surface area (Å²) in [6, 6.07) is 0. The molecule has 0 amide bonds. The van der Waals surface area contributed by atoms with E-state index in [9.17, 15) is 9.59 Å². The molecule has 0 aliphatic heterocycles. The molecule has 0 fully saturated rings. The van der Waals surface area contributed by atoms with E-state index in [-0.39, 0.29) is 19.1 Å². The Kier molecular flexibility index (Phi) is 9.31. The first-order valence-electron chi connectivity index (χ1n) is 8.22. The SMILES string of the molecule is CCOC(=O)C(CC(C)C)(CC(CC)CC)C(=O)OCC. The Morgan fingerprint density at radius 2 is 1.29 bits per heavy atom. The highest BCUT2D eigenvalue weighted by molar-refractivity contribution is 6.00. The van der Waals surface area contributed by atoms with Crippen LogP contribution in [0.25, 0.3) is 0 Å². The molecule has 0 saturated carbocycles. The van der Waals surface area contributed by atoms with Gasteiger partial charge in [0.25, 0.3) is 0 Å². The lowest BCUT2D eigenvalue weighted by molar-refractivity contribution is -0.175. The highest BCUT2D eigenvalue weighted by Gasteiger charge is 2.49. The molecule has 0 aromatic rings. The zero-order chi connectivity index (χ0) is 16.5. The molecule has 4 heteroatoms. The van der Waals surface area contributed by atoms with Crippen LogP contribution in [0.4, 0.5) is 0 Å². The second-order valence-corrected chi connectivity index (χ2v) is 6.01. The van der Waals surface area contributed by atoms with E-state index in [1.54, 1.807) is 13.8 Å². The lowest BCUT2D eigenvalue weighted by Gasteiger charge is -2.33. The second kappa shape index (κ2) is 9.80. The first-order chi connectivity index (χ1) is 9.87. The van der Waals surface area contributed by atoms with Crippen molar-refractivity contribution >= 4 is 11.9 Å². The third kappa shape index (κ3) is 5.68. The van der Waals surface area contributed by atoms with Crippen LogP contribution in [-0.4, -0.2) is 25.2 Å². The van der Waals surface area contributed by atoms with E-state index in [4.69, 9.17) is 9.47 Å². The first-order valence-corrected chi connectivity index (χ1v) is 8.22. The van der Waals surface area contributed by atoms with Crippen molar-refractivity contribution in [2.24, 2.45) is 17.3 Å². The first kappa shape index (κ1) is 19.9. The smallest absolute Gasteiger partial charge is 0.323 e. The predicted molar refractivity (Wildman–Crippen MR) is 83.8 cm³/mol. The maximum absolute atomic E-state index is 12.6. The van der Waals surface area contributed by atoms with Gasteiger partial charge in [0.05, 0.1) is 13.2 Å². The average molecular weight is 300 g/mol. The molecule has 0 rings (SSSR count). The van der Waals surface area contributed by atoms with Gasteiger partial charge in [-0.25, -0.2) is 0 Å². The predicted octanol–water partition coefficient (Wildman–Crippen LogP) is 3.97. The molecule has 0 aromatic heterocycles. The van der Waals surface area contributed by atoms with Crippen LogP contribution in [0.1, 0.15) is 67.2 Å². The van der Waals surface area contributed by atoms with E-state index < -0.39 is 17.4 Å². The van der Waals surface area contributed by atoms with Crippen molar-refractivity contribution in [3.05, 3.63) is 0 Å². The summed E-state index contributed by atoms with van der Waals surface area (Å²) >= 11 is 0. The van der Waals surface area contributed by atoms with Gasteiger partial charge in [-0.3, -0.25) is 9.59 Å². The van der Waals surface area contributed by atoms with E-state index >= 15 is 0 Å². The number of ether oxygens (including phenoxy) is 2. The van der Waals surface area contributed by atoms with Crippen molar-refractivity contribution < 1.29 is 19.1 Å². The van der Waals surface area contributed by atoms with E-state index in [2.05, 4.69) is 13.8 Å². The van der Waals surface area contributed by atoms with Crippen molar-refractivity contribution in [1.29, 1.82) is 0 Å². The maximum Gasteiger partial charge on any atom is 0.323 e. The Hall–Kier alpha value is -1.06. The van der Waals surface area contributed by atoms with Gasteiger partial charge in [0.1, 0.15) is 0 Å². The maximum atomic E-state index is 12.6. The molecule has 0 radical (unpaired) electrons. The zero-order valence-corrected chi connectivity index (χ0v) is 14.5. The molecule has 124 valence electrons. The fourth-order valence-corrected chi connectivity index (χ4v) is 2.81. The van der Waals surface area contributed by atoms with Gasteiger partial charge in [0.15, 0.2) is 5.41 Å². The van der Waals surface area contributed by atoms with Crippen LogP contribution in [0, 0.1) is 17.3 Å². The van der Waals surface area contributed by atoms with Crippen molar-refractivity contribution in [2.75, 3.05) is 13.2 Å². The van der Waals surface area contributed by atoms with E-state index in [1.807, 2.05) is 13.8 Å². The topological polar surface area (TPSA) is 52.6 Å². The summed E-state index contributed by atoms with van der Waals surface area (Å²) in [5.41, 5.74) is -1.16. The van der Waals surface area contributed by atoms with Crippen molar-refractivity contribution in [2.45, 2.75) is 67.2 Å². The molecular formula is C17H32O4. The number of rotatable bonds is 10. The quantitative estimate of drug-likeness (QED) is 0.452. The fourth-order valence-electron chi connectivity index (χ4n) is 2.81. The summed E-state index contributed by atoms with van der Waals surface area (Å²) in [5, 5.41) is 0. The van der Waals surface area contributed by atoms with Crippen LogP contribution >= 0.6 is 0 Å². The monoisotopic (exact) mass is 300 g/mol. The van der Waals surface area contributed by atoms with Gasteiger partial charge in [-0.2, -0.15) is 0 Å². The molecule has 0 atom stereocenters. The molecule has 0 heterocycles. The third-order valence-corrected chi connectivity index (χ3v) is 3.88. The van der Waals surface area contributed by atoms with Gasteiger partial charge in [0.2, 0.25) is 0 Å². The Morgan fingerprint density at radius 3 is 1.57 bits per heavy atom. The minimum atomic E-state index is -1.16. The van der Waals surface area contributed by atoms with Gasteiger partial charge in [-0.05, 0) is 38.5 Å². The Balaban J connectivity index is 5.58. The van der Waals surface area contributed by atoms with Crippen molar-refractivity contribution in [1.82, 2.24) is 0 Å². The second-order valence-electron chi connectivity index (χ2n) is 6.01. The van der Waals surface area contributed by atoms with Gasteiger partial charge in [-0.15, -0.1) is 0 Å². The zero-order valence-electron chi connectivity index (χ0n) is 14.5. The fraction of sp³-hybridized carbons (Fsp3) is 0.882. The lowest BCUT2D eigenvalue weighted by Crippen LogP contribution is -2.44. The molecular weight excluding hydrogens is 268 g/mol. The van der Waals surface area contributed by atoms with Crippen molar-refractivity contribution in [3.8, 4) is 0 Å². The highest BCUT2D eigenvalue weighted by atomic mass is 16.6. The summed E-state index contributed by atoms with van der Waals surface area (Å²) in [6.07, 6.45) is 2.86. The van der Waals surface area contributed by atoms with E-state index in [0.717, 1.165) is 12.8 Å². The Labute approximate surface area is 129 Å². The molecule has 0 spiro atoms. The number of hydrogen-bond acceptors (Lipinski definition) is 4. The standard InChI is InChI=1S/C17H32O4/c1-7-14(8-2)12-17(11-13(5)6,15(18)20-9-3)16(19)21-10-4/h13-14H,7-12H2,1-6H3. The Bertz CT molecular complexity index is 301. The molecule has 4 nitrogen and oxygen atoms in total. The molecule has 0 aliphatic rings. The summed E-state index contributed by atoms with van der Waals surface area (Å²) in [7, 11) is 0. The van der Waals surface area contributed by atoms with Crippen LogP contribution in [0.3, 0.4) is 0 Å². The molecule has 0 aromatic carbocycles. The lowest BCUT2D eigenvalue weighted by atomic mass is 9.72. The molecule has 0 bridgehead atoms. The van der Waals surface area contributed by atoms with Crippen molar-refractivity contribution in [3.63, 3.8) is 0 Å². The van der Waals surface area contributed by atoms with Crippen LogP contribution in [0.15, 0.2) is 0 Å². The normalized spacial score (nSPS) is 11.8. The molecule has 0 saturated heterocycles. The molecule has 0 aliphatic carbocycles. The summed E-state index contributed by atoms with van der Waals surface area (Å²) in [6.45, 7) is 12.3. The molecule has 0 unspecified atom stereocenters. The van der Waals surface area contributed by atoms with E-state index in [1.165, 1.54) is 0 Å². The largest absolute Gasteiger partial charge is 0.465 e. The van der Waals surface area contributed by atoms with Gasteiger partial charge >= 0.3 is 11.9 Å². The summed E-state index contributed by atoms with van der Waals surface area (Å²) in [4.78, 5) is 25.1.